The van der Waals surface area contributed by atoms with E-state index in [4.69, 9.17) is 0 Å². The lowest BCUT2D eigenvalue weighted by Crippen LogP contribution is -2.06. The van der Waals surface area contributed by atoms with E-state index >= 15 is 0 Å². The van der Waals surface area contributed by atoms with Crippen molar-refractivity contribution >= 4 is 10.9 Å². The summed E-state index contributed by atoms with van der Waals surface area (Å²) in [5, 5.41) is 1.36. The largest absolute Gasteiger partial charge is 0.344 e. The maximum atomic E-state index is 2.46. The summed E-state index contributed by atoms with van der Waals surface area (Å²) in [6, 6.07) is 11.6. The van der Waals surface area contributed by atoms with Crippen LogP contribution in [0, 0.1) is 0 Å². The molecule has 1 nitrogen and oxygen atoms in total. The quantitative estimate of drug-likeness (QED) is 0.602. The second-order valence-electron chi connectivity index (χ2n) is 4.84. The Morgan fingerprint density at radius 2 is 1.88 bits per heavy atom. The van der Waals surface area contributed by atoms with Crippen molar-refractivity contribution in [3.8, 4) is 0 Å². The highest BCUT2D eigenvalue weighted by molar-refractivity contribution is 5.80. The first kappa shape index (κ1) is 12.2. The average molecular weight is 229 g/mol. The van der Waals surface area contributed by atoms with Crippen LogP contribution in [0.4, 0.5) is 0 Å². The number of benzene rings is 1. The highest BCUT2D eigenvalue weighted by Gasteiger charge is 2.10. The van der Waals surface area contributed by atoms with E-state index in [0.717, 1.165) is 0 Å². The first-order valence-corrected chi connectivity index (χ1v) is 6.92. The van der Waals surface area contributed by atoms with Crippen LogP contribution in [-0.2, 0) is 0 Å². The molecule has 17 heavy (non-hydrogen) atoms. The standard InChI is InChI=1S/C16H23N/c1-3-5-6-10-15(4-2)17-13-12-14-9-7-8-11-16(14)17/h7-9,11-13,15H,3-6,10H2,1-2H3. The minimum Gasteiger partial charge on any atom is -0.344 e. The molecule has 0 saturated carbocycles. The van der Waals surface area contributed by atoms with Gasteiger partial charge in [0.2, 0.25) is 0 Å². The lowest BCUT2D eigenvalue weighted by atomic mass is 10.1. The fourth-order valence-corrected chi connectivity index (χ4v) is 2.59. The van der Waals surface area contributed by atoms with E-state index in [1.54, 1.807) is 0 Å². The molecule has 0 saturated heterocycles. The lowest BCUT2D eigenvalue weighted by molar-refractivity contribution is 0.442. The molecule has 0 radical (unpaired) electrons. The van der Waals surface area contributed by atoms with Gasteiger partial charge < -0.3 is 4.57 Å². The zero-order chi connectivity index (χ0) is 12.1. The second-order valence-corrected chi connectivity index (χ2v) is 4.84. The fourth-order valence-electron chi connectivity index (χ4n) is 2.59. The van der Waals surface area contributed by atoms with Crippen molar-refractivity contribution in [1.29, 1.82) is 0 Å². The van der Waals surface area contributed by atoms with E-state index < -0.39 is 0 Å². The number of nitrogens with zero attached hydrogens (tertiary/aromatic N) is 1. The summed E-state index contributed by atoms with van der Waals surface area (Å²) in [6.45, 7) is 4.57. The molecule has 1 aromatic heterocycles. The minimum absolute atomic E-state index is 0.668. The summed E-state index contributed by atoms with van der Waals surface area (Å²) in [7, 11) is 0. The number of hydrogen-bond donors (Lipinski definition) is 0. The number of fused-ring (bicyclic) bond motifs is 1. The molecule has 0 amide bonds. The Hall–Kier alpha value is -1.24. The van der Waals surface area contributed by atoms with Crippen molar-refractivity contribution in [2.45, 2.75) is 52.0 Å². The summed E-state index contributed by atoms with van der Waals surface area (Å²) < 4.78 is 2.46. The molecule has 0 aliphatic rings. The molecule has 0 aliphatic heterocycles. The van der Waals surface area contributed by atoms with Gasteiger partial charge >= 0.3 is 0 Å². The van der Waals surface area contributed by atoms with Crippen molar-refractivity contribution in [3.63, 3.8) is 0 Å². The fraction of sp³-hybridized carbons (Fsp3) is 0.500. The van der Waals surface area contributed by atoms with Crippen molar-refractivity contribution in [3.05, 3.63) is 36.5 Å². The summed E-state index contributed by atoms with van der Waals surface area (Å²) in [5.74, 6) is 0. The molecule has 2 rings (SSSR count). The van der Waals surface area contributed by atoms with Gasteiger partial charge in [0.05, 0.1) is 0 Å². The van der Waals surface area contributed by atoms with Crippen molar-refractivity contribution in [1.82, 2.24) is 4.57 Å². The summed E-state index contributed by atoms with van der Waals surface area (Å²) >= 11 is 0. The normalized spacial score (nSPS) is 13.1. The van der Waals surface area contributed by atoms with Gasteiger partial charge in [-0.1, -0.05) is 51.3 Å². The summed E-state index contributed by atoms with van der Waals surface area (Å²) in [5.41, 5.74) is 1.39. The molecule has 1 atom stereocenters. The van der Waals surface area contributed by atoms with Gasteiger partial charge in [0.25, 0.3) is 0 Å². The van der Waals surface area contributed by atoms with Crippen molar-refractivity contribution < 1.29 is 0 Å². The van der Waals surface area contributed by atoms with Crippen LogP contribution in [0.5, 0.6) is 0 Å². The third-order valence-electron chi connectivity index (χ3n) is 3.64. The van der Waals surface area contributed by atoms with E-state index in [9.17, 15) is 0 Å². The van der Waals surface area contributed by atoms with E-state index in [-0.39, 0.29) is 0 Å². The third-order valence-corrected chi connectivity index (χ3v) is 3.64. The van der Waals surface area contributed by atoms with Crippen LogP contribution in [0.15, 0.2) is 36.5 Å². The number of rotatable bonds is 6. The SMILES string of the molecule is CCCCCC(CC)n1ccc2ccccc21. The van der Waals surface area contributed by atoms with E-state index in [1.165, 1.54) is 43.0 Å². The maximum Gasteiger partial charge on any atom is 0.0482 e. The number of aromatic nitrogens is 1. The Kier molecular flexibility index (Phi) is 4.24. The van der Waals surface area contributed by atoms with E-state index in [2.05, 4.69) is 54.9 Å². The lowest BCUT2D eigenvalue weighted by Gasteiger charge is -2.18. The van der Waals surface area contributed by atoms with Crippen LogP contribution < -0.4 is 0 Å². The molecule has 0 N–H and O–H groups in total. The highest BCUT2D eigenvalue weighted by atomic mass is 15.0. The predicted octanol–water partition coefficient (Wildman–Crippen LogP) is 5.17. The second kappa shape index (κ2) is 5.90. The molecule has 92 valence electrons. The number of unbranched alkanes of at least 4 members (excludes halogenated alkanes) is 2. The molecule has 0 fully saturated rings. The van der Waals surface area contributed by atoms with Gasteiger partial charge in [-0.15, -0.1) is 0 Å². The molecule has 0 spiro atoms. The molecule has 1 aromatic carbocycles. The van der Waals surface area contributed by atoms with Gasteiger partial charge in [-0.05, 0) is 30.4 Å². The summed E-state index contributed by atoms with van der Waals surface area (Å²) in [4.78, 5) is 0. The van der Waals surface area contributed by atoms with Crippen LogP contribution in [0.25, 0.3) is 10.9 Å². The summed E-state index contributed by atoms with van der Waals surface area (Å²) in [6.07, 6.45) is 8.80. The Labute approximate surface area is 104 Å². The molecule has 1 heterocycles. The van der Waals surface area contributed by atoms with Crippen molar-refractivity contribution in [2.75, 3.05) is 0 Å². The number of para-hydroxylation sites is 1. The topological polar surface area (TPSA) is 4.93 Å². The predicted molar refractivity (Wildman–Crippen MR) is 75.4 cm³/mol. The maximum absolute atomic E-state index is 2.46. The van der Waals surface area contributed by atoms with Crippen LogP contribution in [-0.4, -0.2) is 4.57 Å². The van der Waals surface area contributed by atoms with Gasteiger partial charge in [-0.3, -0.25) is 0 Å². The van der Waals surface area contributed by atoms with Crippen LogP contribution in [0.3, 0.4) is 0 Å². The molecular weight excluding hydrogens is 206 g/mol. The van der Waals surface area contributed by atoms with Crippen LogP contribution >= 0.6 is 0 Å². The Morgan fingerprint density at radius 3 is 2.65 bits per heavy atom. The Bertz CT molecular complexity index is 455. The van der Waals surface area contributed by atoms with Gasteiger partial charge in [0.15, 0.2) is 0 Å². The minimum atomic E-state index is 0.668. The monoisotopic (exact) mass is 229 g/mol. The molecule has 1 unspecified atom stereocenters. The smallest absolute Gasteiger partial charge is 0.0482 e. The van der Waals surface area contributed by atoms with Gasteiger partial charge in [0, 0.05) is 17.8 Å². The Morgan fingerprint density at radius 1 is 1.06 bits per heavy atom. The van der Waals surface area contributed by atoms with Gasteiger partial charge in [-0.2, -0.15) is 0 Å². The molecule has 1 heteroatoms. The van der Waals surface area contributed by atoms with E-state index in [1.807, 2.05) is 0 Å². The van der Waals surface area contributed by atoms with E-state index in [0.29, 0.717) is 6.04 Å². The highest BCUT2D eigenvalue weighted by Crippen LogP contribution is 2.25. The van der Waals surface area contributed by atoms with Crippen molar-refractivity contribution in [2.24, 2.45) is 0 Å². The zero-order valence-electron chi connectivity index (χ0n) is 11.0. The molecule has 0 bridgehead atoms. The first-order valence-electron chi connectivity index (χ1n) is 6.92. The van der Waals surface area contributed by atoms with Crippen LogP contribution in [0.1, 0.15) is 52.0 Å². The zero-order valence-corrected chi connectivity index (χ0v) is 11.0. The third kappa shape index (κ3) is 2.71. The molecule has 0 aliphatic carbocycles. The van der Waals surface area contributed by atoms with Gasteiger partial charge in [-0.25, -0.2) is 0 Å². The number of hydrogen-bond acceptors (Lipinski definition) is 0. The Balaban J connectivity index is 2.18. The molecular formula is C16H23N. The van der Waals surface area contributed by atoms with Gasteiger partial charge in [0.1, 0.15) is 0 Å². The molecule has 2 aromatic rings. The first-order chi connectivity index (χ1) is 8.36. The van der Waals surface area contributed by atoms with Crippen LogP contribution in [0.2, 0.25) is 0 Å². The average Bonchev–Trinajstić information content (AvgIpc) is 2.79.